The van der Waals surface area contributed by atoms with Gasteiger partial charge >= 0.3 is 6.61 Å². The number of thiazole rings is 1. The first-order chi connectivity index (χ1) is 12.6. The fourth-order valence-electron chi connectivity index (χ4n) is 2.12. The van der Waals surface area contributed by atoms with Gasteiger partial charge in [0, 0.05) is 16.6 Å². The molecule has 3 rings (SSSR count). The summed E-state index contributed by atoms with van der Waals surface area (Å²) in [6, 6.07) is 12.4. The molecule has 0 aliphatic carbocycles. The maximum absolute atomic E-state index is 12.3. The smallest absolute Gasteiger partial charge is 0.387 e. The molecule has 0 aliphatic heterocycles. The van der Waals surface area contributed by atoms with Crippen LogP contribution >= 0.6 is 11.3 Å². The van der Waals surface area contributed by atoms with Gasteiger partial charge in [-0.3, -0.25) is 4.79 Å². The van der Waals surface area contributed by atoms with Gasteiger partial charge in [-0.15, -0.1) is 11.3 Å². The molecule has 2 aromatic carbocycles. The van der Waals surface area contributed by atoms with Crippen LogP contribution in [0.25, 0.3) is 0 Å². The minimum Gasteiger partial charge on any atom is -0.487 e. The number of alkyl halides is 2. The van der Waals surface area contributed by atoms with Gasteiger partial charge in [0.2, 0.25) is 0 Å². The van der Waals surface area contributed by atoms with Gasteiger partial charge in [-0.05, 0) is 42.5 Å². The number of nitrogens with one attached hydrogen (secondary N) is 1. The lowest BCUT2D eigenvalue weighted by molar-refractivity contribution is -0.0498. The largest absolute Gasteiger partial charge is 0.487 e. The molecule has 0 spiro atoms. The molecule has 1 aromatic heterocycles. The molecule has 134 valence electrons. The van der Waals surface area contributed by atoms with Crippen LogP contribution in [-0.4, -0.2) is 17.5 Å². The zero-order valence-electron chi connectivity index (χ0n) is 13.4. The molecule has 1 amide bonds. The molecule has 0 bridgehead atoms. The van der Waals surface area contributed by atoms with E-state index < -0.39 is 6.61 Å². The first-order valence-corrected chi connectivity index (χ1v) is 8.50. The lowest BCUT2D eigenvalue weighted by atomic mass is 10.2. The summed E-state index contributed by atoms with van der Waals surface area (Å²) in [6.07, 6.45) is 0. The number of benzene rings is 2. The van der Waals surface area contributed by atoms with Gasteiger partial charge in [0.15, 0.2) is 0 Å². The third-order valence-electron chi connectivity index (χ3n) is 3.30. The highest BCUT2D eigenvalue weighted by Crippen LogP contribution is 2.20. The van der Waals surface area contributed by atoms with Crippen molar-refractivity contribution >= 4 is 22.9 Å². The molecule has 0 radical (unpaired) electrons. The molecule has 26 heavy (non-hydrogen) atoms. The van der Waals surface area contributed by atoms with Crippen LogP contribution in [0.2, 0.25) is 0 Å². The Morgan fingerprint density at radius 2 is 1.96 bits per heavy atom. The van der Waals surface area contributed by atoms with Crippen molar-refractivity contribution in [2.75, 3.05) is 5.32 Å². The Bertz CT molecular complexity index is 855. The van der Waals surface area contributed by atoms with Crippen LogP contribution in [0.1, 0.15) is 16.1 Å². The van der Waals surface area contributed by atoms with Crippen LogP contribution in [-0.2, 0) is 6.61 Å². The average Bonchev–Trinajstić information content (AvgIpc) is 3.15. The Hall–Kier alpha value is -3.00. The van der Waals surface area contributed by atoms with Crippen molar-refractivity contribution in [1.29, 1.82) is 0 Å². The third kappa shape index (κ3) is 5.00. The molecule has 0 saturated carbocycles. The molecule has 8 heteroatoms. The number of rotatable bonds is 7. The molecule has 0 atom stereocenters. The van der Waals surface area contributed by atoms with Gasteiger partial charge in [0.05, 0.1) is 11.2 Å². The van der Waals surface area contributed by atoms with Crippen molar-refractivity contribution in [3.63, 3.8) is 0 Å². The summed E-state index contributed by atoms with van der Waals surface area (Å²) in [5, 5.41) is 4.57. The molecule has 0 saturated heterocycles. The first kappa shape index (κ1) is 17.8. The average molecular weight is 376 g/mol. The topological polar surface area (TPSA) is 60.5 Å². The fraction of sp³-hybridized carbons (Fsp3) is 0.111. The Balaban J connectivity index is 1.61. The number of halogens is 2. The summed E-state index contributed by atoms with van der Waals surface area (Å²) in [6.45, 7) is -2.57. The number of ether oxygens (including phenoxy) is 2. The maximum atomic E-state index is 12.3. The zero-order chi connectivity index (χ0) is 18.4. The summed E-state index contributed by atoms with van der Waals surface area (Å²) < 4.78 is 34.2. The molecule has 1 heterocycles. The van der Waals surface area contributed by atoms with Crippen LogP contribution in [0.3, 0.4) is 0 Å². The summed E-state index contributed by atoms with van der Waals surface area (Å²) in [5.41, 5.74) is 3.41. The number of hydrogen-bond donors (Lipinski definition) is 1. The highest BCUT2D eigenvalue weighted by atomic mass is 32.1. The van der Waals surface area contributed by atoms with Gasteiger partial charge in [-0.2, -0.15) is 8.78 Å². The molecule has 0 unspecified atom stereocenters. The van der Waals surface area contributed by atoms with Gasteiger partial charge in [-0.25, -0.2) is 4.98 Å². The van der Waals surface area contributed by atoms with E-state index in [0.717, 1.165) is 5.69 Å². The Morgan fingerprint density at radius 1 is 1.15 bits per heavy atom. The minimum atomic E-state index is -2.89. The van der Waals surface area contributed by atoms with E-state index in [0.29, 0.717) is 23.6 Å². The molecule has 1 N–H and O–H groups in total. The second kappa shape index (κ2) is 8.39. The van der Waals surface area contributed by atoms with Crippen molar-refractivity contribution in [2.24, 2.45) is 0 Å². The van der Waals surface area contributed by atoms with Crippen LogP contribution in [0.4, 0.5) is 14.5 Å². The second-order valence-electron chi connectivity index (χ2n) is 5.15. The van der Waals surface area contributed by atoms with Crippen LogP contribution in [0, 0.1) is 0 Å². The van der Waals surface area contributed by atoms with E-state index >= 15 is 0 Å². The SMILES string of the molecule is O=C(Nc1ccc(OC(F)F)cc1)c1cccc(OCc2cscn2)c1. The van der Waals surface area contributed by atoms with Crippen molar-refractivity contribution in [3.8, 4) is 11.5 Å². The normalized spacial score (nSPS) is 10.6. The number of amides is 1. The molecule has 3 aromatic rings. The van der Waals surface area contributed by atoms with E-state index in [9.17, 15) is 13.6 Å². The number of anilines is 1. The van der Waals surface area contributed by atoms with E-state index in [2.05, 4.69) is 15.0 Å². The van der Waals surface area contributed by atoms with Gasteiger partial charge in [-0.1, -0.05) is 6.07 Å². The summed E-state index contributed by atoms with van der Waals surface area (Å²) in [7, 11) is 0. The first-order valence-electron chi connectivity index (χ1n) is 7.56. The fourth-order valence-corrected chi connectivity index (χ4v) is 2.66. The molecular weight excluding hydrogens is 362 g/mol. The Kier molecular flexibility index (Phi) is 5.75. The minimum absolute atomic E-state index is 0.0236. The standard InChI is InChI=1S/C18H14F2N2O3S/c19-18(20)25-15-6-4-13(5-7-15)22-17(23)12-2-1-3-16(8-12)24-9-14-10-26-11-21-14/h1-8,10-11,18H,9H2,(H,22,23). The monoisotopic (exact) mass is 376 g/mol. The molecule has 5 nitrogen and oxygen atoms in total. The van der Waals surface area contributed by atoms with Crippen LogP contribution in [0.15, 0.2) is 59.4 Å². The predicted octanol–water partition coefficient (Wildman–Crippen LogP) is 4.58. The van der Waals surface area contributed by atoms with E-state index in [1.165, 1.54) is 35.6 Å². The Labute approximate surface area is 152 Å². The number of carbonyl (C=O) groups excluding carboxylic acids is 1. The summed E-state index contributed by atoms with van der Waals surface area (Å²) in [5.74, 6) is 0.230. The second-order valence-corrected chi connectivity index (χ2v) is 5.87. The van der Waals surface area contributed by atoms with E-state index in [1.54, 1.807) is 29.8 Å². The van der Waals surface area contributed by atoms with Crippen molar-refractivity contribution in [3.05, 3.63) is 70.7 Å². The van der Waals surface area contributed by atoms with E-state index in [-0.39, 0.29) is 11.7 Å². The quantitative estimate of drug-likeness (QED) is 0.656. The number of carbonyl (C=O) groups is 1. The van der Waals surface area contributed by atoms with Crippen molar-refractivity contribution in [2.45, 2.75) is 13.2 Å². The van der Waals surface area contributed by atoms with Crippen molar-refractivity contribution in [1.82, 2.24) is 4.98 Å². The van der Waals surface area contributed by atoms with Gasteiger partial charge < -0.3 is 14.8 Å². The van der Waals surface area contributed by atoms with E-state index in [1.807, 2.05) is 5.38 Å². The highest BCUT2D eigenvalue weighted by molar-refractivity contribution is 7.07. The maximum Gasteiger partial charge on any atom is 0.387 e. The number of aromatic nitrogens is 1. The van der Waals surface area contributed by atoms with Gasteiger partial charge in [0.1, 0.15) is 18.1 Å². The lowest BCUT2D eigenvalue weighted by Gasteiger charge is -2.09. The third-order valence-corrected chi connectivity index (χ3v) is 3.94. The van der Waals surface area contributed by atoms with E-state index in [4.69, 9.17) is 4.74 Å². The summed E-state index contributed by atoms with van der Waals surface area (Å²) >= 11 is 1.48. The summed E-state index contributed by atoms with van der Waals surface area (Å²) in [4.78, 5) is 16.5. The lowest BCUT2D eigenvalue weighted by Crippen LogP contribution is -2.12. The Morgan fingerprint density at radius 3 is 2.65 bits per heavy atom. The predicted molar refractivity (Wildman–Crippen MR) is 93.9 cm³/mol. The molecular formula is C18H14F2N2O3S. The molecule has 0 fully saturated rings. The van der Waals surface area contributed by atoms with Crippen molar-refractivity contribution < 1.29 is 23.0 Å². The zero-order valence-corrected chi connectivity index (χ0v) is 14.2. The van der Waals surface area contributed by atoms with Crippen LogP contribution in [0.5, 0.6) is 11.5 Å². The number of nitrogens with zero attached hydrogens (tertiary/aromatic N) is 1. The number of hydrogen-bond acceptors (Lipinski definition) is 5. The molecule has 0 aliphatic rings. The van der Waals surface area contributed by atoms with Crippen LogP contribution < -0.4 is 14.8 Å². The van der Waals surface area contributed by atoms with Gasteiger partial charge in [0.25, 0.3) is 5.91 Å². The highest BCUT2D eigenvalue weighted by Gasteiger charge is 2.09.